The molecule has 0 bridgehead atoms. The van der Waals surface area contributed by atoms with Gasteiger partial charge in [-0.15, -0.1) is 0 Å². The van der Waals surface area contributed by atoms with Crippen molar-refractivity contribution < 1.29 is 19.1 Å². The zero-order chi connectivity index (χ0) is 7.49. The first-order valence-electron chi connectivity index (χ1n) is 2.29. The van der Waals surface area contributed by atoms with Gasteiger partial charge in [-0.05, 0) is 6.92 Å². The number of nitrogens with one attached hydrogen (secondary N) is 1. The van der Waals surface area contributed by atoms with Gasteiger partial charge in [-0.2, -0.15) is 0 Å². The smallest absolute Gasteiger partial charge is 0.249 e. The second-order valence-electron chi connectivity index (χ2n) is 1.33. The molecule has 0 aliphatic rings. The predicted octanol–water partition coefficient (Wildman–Crippen LogP) is -0.618. The van der Waals surface area contributed by atoms with E-state index >= 15 is 0 Å². The van der Waals surface area contributed by atoms with Crippen molar-refractivity contribution in [2.45, 2.75) is 6.92 Å². The summed E-state index contributed by atoms with van der Waals surface area (Å²) in [4.78, 5) is 29.6. The van der Waals surface area contributed by atoms with Crippen LogP contribution >= 0.6 is 7.60 Å². The Hall–Kier alpha value is -0.460. The molecule has 11 heavy (non-hydrogen) atoms. The van der Waals surface area contributed by atoms with Gasteiger partial charge in [0.1, 0.15) is 0 Å². The Morgan fingerprint density at radius 3 is 1.91 bits per heavy atom. The molecule has 0 rings (SSSR count). The third-order valence-electron chi connectivity index (χ3n) is 0.577. The van der Waals surface area contributed by atoms with Gasteiger partial charge in [0.15, 0.2) is 0 Å². The Morgan fingerprint density at radius 1 is 1.45 bits per heavy atom. The summed E-state index contributed by atoms with van der Waals surface area (Å²) in [7, 11) is -5.02. The summed E-state index contributed by atoms with van der Waals surface area (Å²) in [5.74, 6) is 0. The maximum Gasteiger partial charge on any atom is 0.249 e. The van der Waals surface area contributed by atoms with Crippen molar-refractivity contribution in [3.05, 3.63) is 0 Å². The van der Waals surface area contributed by atoms with Crippen LogP contribution in [0, 0.1) is 0 Å². The normalized spacial score (nSPS) is 9.00. The van der Waals surface area contributed by atoms with Crippen molar-refractivity contribution >= 4 is 13.2 Å². The molecule has 0 aliphatic heterocycles. The zero-order valence-corrected chi connectivity index (χ0v) is 7.68. The Balaban J connectivity index is -0.000000320. The van der Waals surface area contributed by atoms with Crippen LogP contribution in [0.2, 0.25) is 0 Å². The minimum atomic E-state index is -5.02. The van der Waals surface area contributed by atoms with E-state index in [1.165, 1.54) is 6.92 Å². The average molecular weight is 187 g/mol. The number of carbonyl (C=O) groups excluding carboxylic acids is 1. The van der Waals surface area contributed by atoms with Crippen LogP contribution in [0.15, 0.2) is 0 Å². The maximum absolute atomic E-state index is 10.1. The van der Waals surface area contributed by atoms with Gasteiger partial charge in [0.25, 0.3) is 0 Å². The lowest BCUT2D eigenvalue weighted by atomic mass is 10.8. The number of rotatable bonds is 2. The highest BCUT2D eigenvalue weighted by molar-refractivity contribution is 7.67. The molecule has 0 aliphatic carbocycles. The molecule has 9 N–H and O–H groups in total. The van der Waals surface area contributed by atoms with Crippen molar-refractivity contribution in [2.75, 3.05) is 6.54 Å². The molecule has 0 spiro atoms. The van der Waals surface area contributed by atoms with Crippen LogP contribution in [-0.2, 0) is 4.57 Å². The molecule has 0 aromatic heterocycles. The summed E-state index contributed by atoms with van der Waals surface area (Å²) in [6.07, 6.45) is 0. The van der Waals surface area contributed by atoms with Gasteiger partial charge in [0.05, 0.1) is 0 Å². The van der Waals surface area contributed by atoms with E-state index in [1.807, 2.05) is 5.32 Å². The Kier molecular flexibility index (Phi) is 9.61. The van der Waals surface area contributed by atoms with Crippen LogP contribution in [0.25, 0.3) is 0 Å². The van der Waals surface area contributed by atoms with Crippen LogP contribution in [0.3, 0.4) is 0 Å². The number of hydrogen-bond acceptors (Lipinski definition) is 4. The number of quaternary nitrogens is 2. The second kappa shape index (κ2) is 6.26. The minimum absolute atomic E-state index is 0. The van der Waals surface area contributed by atoms with E-state index in [0.29, 0.717) is 0 Å². The molecule has 0 saturated carbocycles. The van der Waals surface area contributed by atoms with Crippen molar-refractivity contribution in [1.29, 1.82) is 0 Å². The molecule has 7 nitrogen and oxygen atoms in total. The van der Waals surface area contributed by atoms with E-state index in [9.17, 15) is 19.1 Å². The number of hydrogen-bond donors (Lipinski definition) is 3. The average Bonchev–Trinajstić information content (AvgIpc) is 1.64. The molecular weight excluding hydrogens is 173 g/mol. The van der Waals surface area contributed by atoms with E-state index < -0.39 is 13.2 Å². The zero-order valence-electron chi connectivity index (χ0n) is 6.79. The van der Waals surface area contributed by atoms with Crippen molar-refractivity contribution in [3.8, 4) is 0 Å². The molecule has 70 valence electrons. The highest BCUT2D eigenvalue weighted by Crippen LogP contribution is 2.22. The van der Waals surface area contributed by atoms with Crippen LogP contribution in [0.5, 0.6) is 0 Å². The molecule has 0 radical (unpaired) electrons. The van der Waals surface area contributed by atoms with Crippen LogP contribution in [0.4, 0.5) is 4.79 Å². The SMILES string of the molecule is CCNC(=O)P(=O)([O-])[O-].[NH4+].[NH4+]. The summed E-state index contributed by atoms with van der Waals surface area (Å²) >= 11 is 0. The minimum Gasteiger partial charge on any atom is -0.804 e. The molecule has 0 aromatic carbocycles. The molecular formula is C3H14N3O4P. The van der Waals surface area contributed by atoms with Gasteiger partial charge in [-0.3, -0.25) is 4.79 Å². The fraction of sp³-hybridized carbons (Fsp3) is 0.667. The van der Waals surface area contributed by atoms with Gasteiger partial charge >= 0.3 is 0 Å². The van der Waals surface area contributed by atoms with E-state index in [4.69, 9.17) is 0 Å². The number of carbonyl (C=O) groups is 1. The Bertz CT molecular complexity index is 155. The van der Waals surface area contributed by atoms with Crippen molar-refractivity contribution in [3.63, 3.8) is 0 Å². The monoisotopic (exact) mass is 187 g/mol. The quantitative estimate of drug-likeness (QED) is 0.490. The molecule has 0 unspecified atom stereocenters. The summed E-state index contributed by atoms with van der Waals surface area (Å²) < 4.78 is 9.78. The fourth-order valence-electron chi connectivity index (χ4n) is 0.248. The molecule has 0 heterocycles. The van der Waals surface area contributed by atoms with Gasteiger partial charge in [-0.1, -0.05) is 0 Å². The lowest BCUT2D eigenvalue weighted by Crippen LogP contribution is -2.31. The second-order valence-corrected chi connectivity index (χ2v) is 2.73. The number of amides is 1. The lowest BCUT2D eigenvalue weighted by molar-refractivity contribution is -0.307. The first kappa shape index (κ1) is 16.9. The van der Waals surface area contributed by atoms with Gasteiger partial charge < -0.3 is 32.0 Å². The van der Waals surface area contributed by atoms with Crippen LogP contribution in [0.1, 0.15) is 6.92 Å². The van der Waals surface area contributed by atoms with E-state index in [1.54, 1.807) is 0 Å². The third-order valence-corrected chi connectivity index (χ3v) is 1.23. The first-order chi connectivity index (χ1) is 3.98. The summed E-state index contributed by atoms with van der Waals surface area (Å²) in [5.41, 5.74) is -1.44. The van der Waals surface area contributed by atoms with E-state index in [-0.39, 0.29) is 18.8 Å². The highest BCUT2D eigenvalue weighted by atomic mass is 31.2. The van der Waals surface area contributed by atoms with Gasteiger partial charge in [0.2, 0.25) is 5.65 Å². The fourth-order valence-corrected chi connectivity index (χ4v) is 0.600. The summed E-state index contributed by atoms with van der Waals surface area (Å²) in [6.45, 7) is 1.67. The lowest BCUT2D eigenvalue weighted by Gasteiger charge is -2.26. The standard InChI is InChI=1S/C3H8NO4P.2H3N/c1-2-4-3(5)9(6,7)8;;/h2H2,1H3,(H,4,5)(H2,6,7,8);2*1H3. The third kappa shape index (κ3) is 7.44. The molecule has 0 fully saturated rings. The summed E-state index contributed by atoms with van der Waals surface area (Å²) in [6, 6.07) is 0. The van der Waals surface area contributed by atoms with Crippen LogP contribution < -0.4 is 27.4 Å². The summed E-state index contributed by atoms with van der Waals surface area (Å²) in [5, 5.41) is 1.86. The van der Waals surface area contributed by atoms with E-state index in [0.717, 1.165) is 0 Å². The molecule has 1 amide bonds. The Morgan fingerprint density at radius 2 is 1.82 bits per heavy atom. The maximum atomic E-state index is 10.1. The molecule has 0 aromatic rings. The molecule has 0 saturated heterocycles. The first-order valence-corrected chi connectivity index (χ1v) is 3.83. The molecule has 0 atom stereocenters. The topological polar surface area (TPSA) is 165 Å². The van der Waals surface area contributed by atoms with Crippen molar-refractivity contribution in [2.24, 2.45) is 0 Å². The van der Waals surface area contributed by atoms with E-state index in [2.05, 4.69) is 0 Å². The largest absolute Gasteiger partial charge is 0.804 e. The van der Waals surface area contributed by atoms with Gasteiger partial charge in [0, 0.05) is 14.1 Å². The predicted molar refractivity (Wildman–Crippen MR) is 38.6 cm³/mol. The van der Waals surface area contributed by atoms with Crippen molar-refractivity contribution in [1.82, 2.24) is 17.6 Å². The highest BCUT2D eigenvalue weighted by Gasteiger charge is 2.01. The van der Waals surface area contributed by atoms with Crippen LogP contribution in [-0.4, -0.2) is 12.2 Å². The van der Waals surface area contributed by atoms with Gasteiger partial charge in [-0.25, -0.2) is 0 Å². The molecule has 8 heteroatoms. The Labute approximate surface area is 64.5 Å².